The van der Waals surface area contributed by atoms with E-state index in [9.17, 15) is 9.18 Å². The van der Waals surface area contributed by atoms with E-state index in [4.69, 9.17) is 15.2 Å². The van der Waals surface area contributed by atoms with Crippen molar-refractivity contribution in [2.45, 2.75) is 12.8 Å². The molecule has 4 rings (SSSR count). The van der Waals surface area contributed by atoms with Gasteiger partial charge in [-0.25, -0.2) is 14.4 Å². The molecule has 3 aromatic rings. The first-order chi connectivity index (χ1) is 14.1. The summed E-state index contributed by atoms with van der Waals surface area (Å²) in [6.07, 6.45) is 4.86. The van der Waals surface area contributed by atoms with Crippen LogP contribution in [-0.2, 0) is 4.74 Å². The van der Waals surface area contributed by atoms with Gasteiger partial charge >= 0.3 is 0 Å². The van der Waals surface area contributed by atoms with E-state index in [-0.39, 0.29) is 22.6 Å². The van der Waals surface area contributed by atoms with E-state index in [1.165, 1.54) is 12.3 Å². The van der Waals surface area contributed by atoms with E-state index in [0.29, 0.717) is 23.6 Å². The van der Waals surface area contributed by atoms with Gasteiger partial charge in [0.25, 0.3) is 5.91 Å². The second kappa shape index (κ2) is 8.40. The molecule has 3 N–H and O–H groups in total. The van der Waals surface area contributed by atoms with Gasteiger partial charge in [-0.2, -0.15) is 0 Å². The van der Waals surface area contributed by atoms with Gasteiger partial charge in [0.15, 0.2) is 5.69 Å². The van der Waals surface area contributed by atoms with Crippen LogP contribution in [0.3, 0.4) is 0 Å². The van der Waals surface area contributed by atoms with Crippen molar-refractivity contribution in [3.8, 4) is 5.88 Å². The second-order valence-electron chi connectivity index (χ2n) is 6.93. The molecule has 0 saturated carbocycles. The average molecular weight is 396 g/mol. The number of ether oxygens (including phenoxy) is 2. The summed E-state index contributed by atoms with van der Waals surface area (Å²) in [5, 5.41) is 3.50. The number of rotatable bonds is 5. The minimum atomic E-state index is -0.526. The van der Waals surface area contributed by atoms with Crippen LogP contribution in [0.4, 0.5) is 15.8 Å². The molecule has 1 aliphatic rings. The Morgan fingerprint density at radius 3 is 2.86 bits per heavy atom. The van der Waals surface area contributed by atoms with Crippen LogP contribution >= 0.6 is 0 Å². The fraction of sp³-hybridized carbons (Fsp3) is 0.286. The number of carbonyl (C=O) groups is 1. The minimum Gasteiger partial charge on any atom is -0.477 e. The predicted molar refractivity (Wildman–Crippen MR) is 107 cm³/mol. The number of nitrogen functional groups attached to an aromatic ring is 1. The van der Waals surface area contributed by atoms with Crippen LogP contribution in [-0.4, -0.2) is 35.7 Å². The lowest BCUT2D eigenvalue weighted by Gasteiger charge is -2.22. The van der Waals surface area contributed by atoms with Gasteiger partial charge in [-0.15, -0.1) is 0 Å². The number of hydrogen-bond donors (Lipinski definition) is 2. The largest absolute Gasteiger partial charge is 0.477 e. The Morgan fingerprint density at radius 1 is 1.24 bits per heavy atom. The lowest BCUT2D eigenvalue weighted by Crippen LogP contribution is -2.21. The van der Waals surface area contributed by atoms with Crippen molar-refractivity contribution < 1.29 is 18.7 Å². The predicted octanol–water partition coefficient (Wildman–Crippen LogP) is 3.41. The smallest absolute Gasteiger partial charge is 0.276 e. The number of pyridine rings is 2. The van der Waals surface area contributed by atoms with Crippen molar-refractivity contribution >= 4 is 28.1 Å². The summed E-state index contributed by atoms with van der Waals surface area (Å²) in [6.45, 7) is 1.90. The summed E-state index contributed by atoms with van der Waals surface area (Å²) < 4.78 is 26.0. The Balaban J connectivity index is 1.55. The van der Waals surface area contributed by atoms with Gasteiger partial charge < -0.3 is 20.5 Å². The van der Waals surface area contributed by atoms with Gasteiger partial charge in [-0.3, -0.25) is 4.79 Å². The zero-order valence-corrected chi connectivity index (χ0v) is 15.7. The van der Waals surface area contributed by atoms with Crippen molar-refractivity contribution in [3.05, 3.63) is 54.2 Å². The number of benzene rings is 1. The van der Waals surface area contributed by atoms with Crippen LogP contribution in [0.1, 0.15) is 23.3 Å². The molecular weight excluding hydrogens is 375 g/mol. The average Bonchev–Trinajstić information content (AvgIpc) is 2.73. The Labute approximate surface area is 167 Å². The van der Waals surface area contributed by atoms with Crippen LogP contribution in [0, 0.1) is 11.7 Å². The maximum atomic E-state index is 14.9. The monoisotopic (exact) mass is 396 g/mol. The summed E-state index contributed by atoms with van der Waals surface area (Å²) in [5.74, 6) is -0.418. The van der Waals surface area contributed by atoms with Crippen molar-refractivity contribution in [1.82, 2.24) is 9.97 Å². The SMILES string of the molecule is Nc1cccnc1C(=O)Nc1cc(F)c2c(OCC3CCOCC3)nccc2c1. The lowest BCUT2D eigenvalue weighted by atomic mass is 10.0. The number of amides is 1. The van der Waals surface area contributed by atoms with Gasteiger partial charge in [0.05, 0.1) is 17.7 Å². The van der Waals surface area contributed by atoms with E-state index >= 15 is 0 Å². The zero-order valence-electron chi connectivity index (χ0n) is 15.7. The van der Waals surface area contributed by atoms with Gasteiger partial charge in [0.1, 0.15) is 5.82 Å². The Bertz CT molecular complexity index is 1040. The highest BCUT2D eigenvalue weighted by Crippen LogP contribution is 2.30. The van der Waals surface area contributed by atoms with Crippen molar-refractivity contribution in [3.63, 3.8) is 0 Å². The fourth-order valence-corrected chi connectivity index (χ4v) is 3.32. The topological polar surface area (TPSA) is 99.4 Å². The Kier molecular flexibility index (Phi) is 5.53. The maximum Gasteiger partial charge on any atom is 0.276 e. The van der Waals surface area contributed by atoms with E-state index in [1.54, 1.807) is 30.5 Å². The third kappa shape index (κ3) is 4.27. The molecular formula is C21H21FN4O3. The molecule has 2 aromatic heterocycles. The lowest BCUT2D eigenvalue weighted by molar-refractivity contribution is 0.0493. The normalized spacial score (nSPS) is 14.7. The molecule has 0 spiro atoms. The number of nitrogens with two attached hydrogens (primary N) is 1. The van der Waals surface area contributed by atoms with E-state index in [0.717, 1.165) is 26.1 Å². The van der Waals surface area contributed by atoms with Gasteiger partial charge in [0.2, 0.25) is 5.88 Å². The molecule has 1 fully saturated rings. The third-order valence-corrected chi connectivity index (χ3v) is 4.89. The molecule has 1 aliphatic heterocycles. The molecule has 150 valence electrons. The van der Waals surface area contributed by atoms with E-state index in [1.807, 2.05) is 0 Å². The highest BCUT2D eigenvalue weighted by molar-refractivity contribution is 6.07. The maximum absolute atomic E-state index is 14.9. The number of carbonyl (C=O) groups excluding carboxylic acids is 1. The number of fused-ring (bicyclic) bond motifs is 1. The Hall–Kier alpha value is -3.26. The quantitative estimate of drug-likeness (QED) is 0.686. The summed E-state index contributed by atoms with van der Waals surface area (Å²) in [7, 11) is 0. The van der Waals surface area contributed by atoms with Crippen molar-refractivity contribution in [2.75, 3.05) is 30.9 Å². The molecule has 1 saturated heterocycles. The van der Waals surface area contributed by atoms with Crippen molar-refractivity contribution in [1.29, 1.82) is 0 Å². The first kappa shape index (κ1) is 19.1. The van der Waals surface area contributed by atoms with Crippen LogP contribution in [0.5, 0.6) is 5.88 Å². The first-order valence-corrected chi connectivity index (χ1v) is 9.42. The fourth-order valence-electron chi connectivity index (χ4n) is 3.32. The van der Waals surface area contributed by atoms with Crippen LogP contribution in [0.2, 0.25) is 0 Å². The Morgan fingerprint density at radius 2 is 2.07 bits per heavy atom. The molecule has 3 heterocycles. The second-order valence-corrected chi connectivity index (χ2v) is 6.93. The third-order valence-electron chi connectivity index (χ3n) is 4.89. The van der Waals surface area contributed by atoms with Crippen LogP contribution < -0.4 is 15.8 Å². The number of halogens is 1. The summed E-state index contributed by atoms with van der Waals surface area (Å²) in [4.78, 5) is 20.6. The van der Waals surface area contributed by atoms with Gasteiger partial charge in [0, 0.05) is 31.3 Å². The molecule has 7 nitrogen and oxygen atoms in total. The molecule has 29 heavy (non-hydrogen) atoms. The zero-order chi connectivity index (χ0) is 20.2. The van der Waals surface area contributed by atoms with Crippen molar-refractivity contribution in [2.24, 2.45) is 5.92 Å². The number of hydrogen-bond acceptors (Lipinski definition) is 6. The molecule has 8 heteroatoms. The van der Waals surface area contributed by atoms with E-state index < -0.39 is 11.7 Å². The summed E-state index contributed by atoms with van der Waals surface area (Å²) in [6, 6.07) is 7.79. The molecule has 0 unspecified atom stereocenters. The first-order valence-electron chi connectivity index (χ1n) is 9.42. The number of nitrogens with one attached hydrogen (secondary N) is 1. The summed E-state index contributed by atoms with van der Waals surface area (Å²) in [5.41, 5.74) is 6.41. The standard InChI is InChI=1S/C21H21FN4O3/c22-16-11-15(26-20(27)19-17(23)2-1-6-24-19)10-14-3-7-25-21(18(14)16)29-12-13-4-8-28-9-5-13/h1-3,6-7,10-11,13H,4-5,8-9,12,23H2,(H,26,27). The number of aromatic nitrogens is 2. The number of anilines is 2. The van der Waals surface area contributed by atoms with Gasteiger partial charge in [-0.1, -0.05) is 0 Å². The van der Waals surface area contributed by atoms with E-state index in [2.05, 4.69) is 15.3 Å². The van der Waals surface area contributed by atoms with Crippen LogP contribution in [0.15, 0.2) is 42.7 Å². The molecule has 1 aromatic carbocycles. The summed E-state index contributed by atoms with van der Waals surface area (Å²) >= 11 is 0. The van der Waals surface area contributed by atoms with Crippen LogP contribution in [0.25, 0.3) is 10.8 Å². The molecule has 0 bridgehead atoms. The van der Waals surface area contributed by atoms with Gasteiger partial charge in [-0.05, 0) is 54.5 Å². The molecule has 0 aliphatic carbocycles. The highest BCUT2D eigenvalue weighted by atomic mass is 19.1. The molecule has 1 amide bonds. The number of nitrogens with zero attached hydrogens (tertiary/aromatic N) is 2. The minimum absolute atomic E-state index is 0.0863. The molecule has 0 atom stereocenters. The highest BCUT2D eigenvalue weighted by Gasteiger charge is 2.18. The molecule has 0 radical (unpaired) electrons.